The molecule has 25 heavy (non-hydrogen) atoms. The van der Waals surface area contributed by atoms with Crippen LogP contribution in [0.2, 0.25) is 0 Å². The van der Waals surface area contributed by atoms with Crippen molar-refractivity contribution in [2.75, 3.05) is 13.1 Å². The highest BCUT2D eigenvalue weighted by atomic mass is 19.4. The van der Waals surface area contributed by atoms with Crippen LogP contribution in [0.1, 0.15) is 5.56 Å². The van der Waals surface area contributed by atoms with E-state index in [1.807, 2.05) is 0 Å². The maximum Gasteiger partial charge on any atom is 0.459 e. The summed E-state index contributed by atoms with van der Waals surface area (Å²) in [5.74, 6) is -5.26. The number of allylic oxidation sites excluding steroid dienone is 2. The second-order valence-electron chi connectivity index (χ2n) is 5.51. The molecule has 1 aliphatic rings. The van der Waals surface area contributed by atoms with Crippen LogP contribution < -0.4 is 5.32 Å². The van der Waals surface area contributed by atoms with Gasteiger partial charge in [-0.1, -0.05) is 30.3 Å². The second kappa shape index (κ2) is 6.02. The minimum absolute atomic E-state index is 0.00443. The molecule has 0 atom stereocenters. The lowest BCUT2D eigenvalue weighted by Crippen LogP contribution is -2.43. The van der Waals surface area contributed by atoms with Gasteiger partial charge < -0.3 is 10.4 Å². The zero-order valence-corrected chi connectivity index (χ0v) is 12.7. The third-order valence-electron chi connectivity index (χ3n) is 3.86. The molecule has 0 saturated carbocycles. The fourth-order valence-electron chi connectivity index (χ4n) is 2.58. The van der Waals surface area contributed by atoms with Crippen molar-refractivity contribution in [1.82, 2.24) is 5.32 Å². The SMILES string of the molecule is Oc1c(C2=NCCNC(C(F)(F)C(F)(F)F)=C2)ccc2ccccc12. The van der Waals surface area contributed by atoms with E-state index >= 15 is 0 Å². The zero-order chi connectivity index (χ0) is 18.2. The number of hydrogen-bond acceptors (Lipinski definition) is 3. The van der Waals surface area contributed by atoms with E-state index in [4.69, 9.17) is 0 Å². The molecule has 0 bridgehead atoms. The zero-order valence-electron chi connectivity index (χ0n) is 12.7. The maximum absolute atomic E-state index is 13.7. The third-order valence-corrected chi connectivity index (χ3v) is 3.86. The summed E-state index contributed by atoms with van der Waals surface area (Å²) in [6.45, 7) is -0.176. The van der Waals surface area contributed by atoms with Crippen molar-refractivity contribution < 1.29 is 27.1 Å². The Morgan fingerprint density at radius 1 is 1.00 bits per heavy atom. The number of hydrogen-bond donors (Lipinski definition) is 2. The molecule has 3 rings (SSSR count). The molecule has 0 fully saturated rings. The monoisotopic (exact) mass is 356 g/mol. The number of halogens is 5. The van der Waals surface area contributed by atoms with Crippen LogP contribution in [0.15, 0.2) is 53.2 Å². The summed E-state index contributed by atoms with van der Waals surface area (Å²) in [7, 11) is 0. The van der Waals surface area contributed by atoms with Gasteiger partial charge in [0, 0.05) is 17.5 Å². The Bertz CT molecular complexity index is 871. The van der Waals surface area contributed by atoms with Gasteiger partial charge in [0.2, 0.25) is 0 Å². The first-order valence-electron chi connectivity index (χ1n) is 7.38. The molecule has 2 aromatic rings. The topological polar surface area (TPSA) is 44.6 Å². The van der Waals surface area contributed by atoms with Gasteiger partial charge in [0.1, 0.15) is 5.75 Å². The van der Waals surface area contributed by atoms with E-state index in [0.29, 0.717) is 16.8 Å². The van der Waals surface area contributed by atoms with E-state index in [-0.39, 0.29) is 30.1 Å². The van der Waals surface area contributed by atoms with Crippen molar-refractivity contribution in [3.8, 4) is 5.75 Å². The lowest BCUT2D eigenvalue weighted by atomic mass is 10.0. The van der Waals surface area contributed by atoms with Crippen LogP contribution in [-0.2, 0) is 0 Å². The molecule has 2 N–H and O–H groups in total. The van der Waals surface area contributed by atoms with Crippen LogP contribution in [0.4, 0.5) is 22.0 Å². The number of fused-ring (bicyclic) bond motifs is 1. The van der Waals surface area contributed by atoms with Crippen LogP contribution in [0, 0.1) is 0 Å². The Morgan fingerprint density at radius 3 is 2.44 bits per heavy atom. The van der Waals surface area contributed by atoms with Crippen molar-refractivity contribution in [2.24, 2.45) is 4.99 Å². The third kappa shape index (κ3) is 3.04. The van der Waals surface area contributed by atoms with Gasteiger partial charge in [0.05, 0.1) is 18.0 Å². The standard InChI is InChI=1S/C17H13F5N2O/c18-16(19,17(20,21)22)14-9-13(23-7-8-24-14)12-6-5-10-3-1-2-4-11(10)15(12)25/h1-6,9,24-25H,7-8H2. The lowest BCUT2D eigenvalue weighted by molar-refractivity contribution is -0.266. The Kier molecular flexibility index (Phi) is 4.14. The van der Waals surface area contributed by atoms with E-state index in [1.165, 1.54) is 6.07 Å². The molecule has 0 saturated heterocycles. The van der Waals surface area contributed by atoms with E-state index in [1.54, 1.807) is 30.3 Å². The number of alkyl halides is 5. The Balaban J connectivity index is 2.11. The number of phenolic OH excluding ortho intramolecular Hbond substituents is 1. The van der Waals surface area contributed by atoms with E-state index in [0.717, 1.165) is 0 Å². The van der Waals surface area contributed by atoms with Gasteiger partial charge in [-0.2, -0.15) is 22.0 Å². The number of nitrogens with one attached hydrogen (secondary N) is 1. The first-order chi connectivity index (χ1) is 11.7. The number of benzene rings is 2. The molecule has 1 heterocycles. The first-order valence-corrected chi connectivity index (χ1v) is 7.38. The molecule has 0 radical (unpaired) electrons. The molecule has 8 heteroatoms. The number of phenols is 1. The van der Waals surface area contributed by atoms with Gasteiger partial charge in [-0.05, 0) is 17.5 Å². The number of rotatable bonds is 2. The van der Waals surface area contributed by atoms with Gasteiger partial charge in [-0.15, -0.1) is 0 Å². The van der Waals surface area contributed by atoms with E-state index < -0.39 is 17.8 Å². The molecule has 0 amide bonds. The summed E-state index contributed by atoms with van der Waals surface area (Å²) in [4.78, 5) is 4.02. The van der Waals surface area contributed by atoms with Crippen LogP contribution in [0.5, 0.6) is 5.75 Å². The van der Waals surface area contributed by atoms with Gasteiger partial charge in [-0.25, -0.2) is 0 Å². The summed E-state index contributed by atoms with van der Waals surface area (Å²) in [6.07, 6.45) is -5.09. The van der Waals surface area contributed by atoms with Crippen molar-refractivity contribution in [2.45, 2.75) is 12.1 Å². The summed E-state index contributed by atoms with van der Waals surface area (Å²) < 4.78 is 65.3. The highest BCUT2D eigenvalue weighted by Gasteiger charge is 2.60. The molecule has 132 valence electrons. The first kappa shape index (κ1) is 17.2. The predicted octanol–water partition coefficient (Wildman–Crippen LogP) is 4.02. The number of aromatic hydroxyl groups is 1. The van der Waals surface area contributed by atoms with E-state index in [9.17, 15) is 27.1 Å². The minimum atomic E-state index is -5.73. The second-order valence-corrected chi connectivity index (χ2v) is 5.51. The average molecular weight is 356 g/mol. The van der Waals surface area contributed by atoms with Gasteiger partial charge in [-0.3, -0.25) is 4.99 Å². The van der Waals surface area contributed by atoms with Crippen LogP contribution in [-0.4, -0.2) is 36.0 Å². The fourth-order valence-corrected chi connectivity index (χ4v) is 2.58. The molecule has 0 spiro atoms. The van der Waals surface area contributed by atoms with E-state index in [2.05, 4.69) is 10.3 Å². The number of aliphatic imine (C=N–C) groups is 1. The molecule has 0 aliphatic carbocycles. The molecule has 2 aromatic carbocycles. The Hall–Kier alpha value is -2.64. The van der Waals surface area contributed by atoms with Gasteiger partial charge in [0.25, 0.3) is 0 Å². The summed E-state index contributed by atoms with van der Waals surface area (Å²) in [5.41, 5.74) is -1.33. The van der Waals surface area contributed by atoms with Gasteiger partial charge in [0.15, 0.2) is 0 Å². The summed E-state index contributed by atoms with van der Waals surface area (Å²) >= 11 is 0. The molecule has 1 aliphatic heterocycles. The predicted molar refractivity (Wildman–Crippen MR) is 84.1 cm³/mol. The Labute approximate surface area is 139 Å². The Morgan fingerprint density at radius 2 is 1.72 bits per heavy atom. The van der Waals surface area contributed by atoms with Gasteiger partial charge >= 0.3 is 12.1 Å². The average Bonchev–Trinajstić information content (AvgIpc) is 2.81. The maximum atomic E-state index is 13.7. The molecule has 0 aromatic heterocycles. The normalized spacial score (nSPS) is 16.0. The molecular formula is C17H13F5N2O. The minimum Gasteiger partial charge on any atom is -0.507 e. The summed E-state index contributed by atoms with van der Waals surface area (Å²) in [5, 5.41) is 13.6. The fraction of sp³-hybridized carbons (Fsp3) is 0.235. The molecule has 0 unspecified atom stereocenters. The highest BCUT2D eigenvalue weighted by Crippen LogP contribution is 2.40. The van der Waals surface area contributed by atoms with Crippen molar-refractivity contribution >= 4 is 16.5 Å². The number of nitrogens with zero attached hydrogens (tertiary/aromatic N) is 1. The van der Waals surface area contributed by atoms with Crippen molar-refractivity contribution in [3.63, 3.8) is 0 Å². The summed E-state index contributed by atoms with van der Waals surface area (Å²) in [6, 6.07) is 9.90. The quantitative estimate of drug-likeness (QED) is 0.799. The smallest absolute Gasteiger partial charge is 0.459 e. The molecular weight excluding hydrogens is 343 g/mol. The lowest BCUT2D eigenvalue weighted by Gasteiger charge is -2.23. The largest absolute Gasteiger partial charge is 0.507 e. The van der Waals surface area contributed by atoms with Crippen LogP contribution in [0.3, 0.4) is 0 Å². The van der Waals surface area contributed by atoms with Crippen LogP contribution >= 0.6 is 0 Å². The highest BCUT2D eigenvalue weighted by molar-refractivity contribution is 6.13. The van der Waals surface area contributed by atoms with Crippen molar-refractivity contribution in [3.05, 3.63) is 53.7 Å². The molecule has 3 nitrogen and oxygen atoms in total. The van der Waals surface area contributed by atoms with Crippen LogP contribution in [0.25, 0.3) is 10.8 Å². The van der Waals surface area contributed by atoms with Crippen molar-refractivity contribution in [1.29, 1.82) is 0 Å².